The quantitative estimate of drug-likeness (QED) is 0.926. The number of carbonyl (C=O) groups is 1. The Hall–Kier alpha value is -1.99. The normalized spacial score (nSPS) is 16.0. The van der Waals surface area contributed by atoms with Crippen LogP contribution in [-0.2, 0) is 6.54 Å². The molecule has 2 aromatic heterocycles. The number of anilines is 1. The molecule has 1 amide bonds. The largest absolute Gasteiger partial charge is 0.382 e. The molecule has 0 spiro atoms. The maximum Gasteiger partial charge on any atom is 0.258 e. The highest BCUT2D eigenvalue weighted by molar-refractivity contribution is 7.04. The lowest BCUT2D eigenvalue weighted by molar-refractivity contribution is 0.0628. The predicted octanol–water partition coefficient (Wildman–Crippen LogP) is 1.39. The van der Waals surface area contributed by atoms with Gasteiger partial charge in [0.1, 0.15) is 5.82 Å². The van der Waals surface area contributed by atoms with E-state index >= 15 is 0 Å². The number of amides is 1. The lowest BCUT2D eigenvalue weighted by atomic mass is 10.2. The van der Waals surface area contributed by atoms with Crippen LogP contribution in [0.15, 0.2) is 23.7 Å². The maximum absolute atomic E-state index is 12.4. The average Bonchev–Trinajstić information content (AvgIpc) is 2.96. The molecule has 0 aliphatic carbocycles. The minimum atomic E-state index is -0.0140. The third kappa shape index (κ3) is 3.10. The van der Waals surface area contributed by atoms with Gasteiger partial charge >= 0.3 is 0 Å². The van der Waals surface area contributed by atoms with Gasteiger partial charge in [0.2, 0.25) is 0 Å². The molecule has 0 saturated carbocycles. The summed E-state index contributed by atoms with van der Waals surface area (Å²) >= 11 is 1.22. The molecular formula is C15H19N5OS. The molecule has 1 saturated heterocycles. The van der Waals surface area contributed by atoms with Crippen LogP contribution < -0.4 is 5.73 Å². The van der Waals surface area contributed by atoms with Crippen molar-refractivity contribution in [2.45, 2.75) is 13.5 Å². The molecule has 3 heterocycles. The molecule has 0 bridgehead atoms. The number of hydrogen-bond acceptors (Lipinski definition) is 6. The molecule has 2 aromatic rings. The average molecular weight is 317 g/mol. The molecule has 1 aliphatic heterocycles. The van der Waals surface area contributed by atoms with Gasteiger partial charge in [0, 0.05) is 44.3 Å². The van der Waals surface area contributed by atoms with Crippen molar-refractivity contribution < 1.29 is 4.79 Å². The van der Waals surface area contributed by atoms with E-state index in [1.165, 1.54) is 17.1 Å². The molecule has 2 N–H and O–H groups in total. The molecule has 0 atom stereocenters. The van der Waals surface area contributed by atoms with Crippen molar-refractivity contribution >= 4 is 23.3 Å². The summed E-state index contributed by atoms with van der Waals surface area (Å²) in [6.07, 6.45) is 1.83. The van der Waals surface area contributed by atoms with Gasteiger partial charge in [-0.15, -0.1) is 0 Å². The summed E-state index contributed by atoms with van der Waals surface area (Å²) in [4.78, 5) is 21.0. The maximum atomic E-state index is 12.4. The molecule has 7 heteroatoms. The van der Waals surface area contributed by atoms with E-state index in [9.17, 15) is 4.79 Å². The van der Waals surface area contributed by atoms with E-state index in [4.69, 9.17) is 5.73 Å². The van der Waals surface area contributed by atoms with Crippen LogP contribution in [-0.4, -0.2) is 51.2 Å². The lowest BCUT2D eigenvalue weighted by Gasteiger charge is -2.34. The highest BCUT2D eigenvalue weighted by atomic mass is 32.1. The van der Waals surface area contributed by atoms with E-state index < -0.39 is 0 Å². The van der Waals surface area contributed by atoms with Crippen LogP contribution in [0, 0.1) is 6.92 Å². The van der Waals surface area contributed by atoms with Crippen LogP contribution >= 0.6 is 11.5 Å². The minimum Gasteiger partial charge on any atom is -0.382 e. The van der Waals surface area contributed by atoms with E-state index in [0.717, 1.165) is 25.3 Å². The van der Waals surface area contributed by atoms with Crippen LogP contribution in [0.2, 0.25) is 0 Å². The van der Waals surface area contributed by atoms with E-state index in [1.807, 2.05) is 17.2 Å². The second kappa shape index (κ2) is 6.41. The Labute approximate surface area is 133 Å². The molecule has 1 aliphatic rings. The van der Waals surface area contributed by atoms with Crippen molar-refractivity contribution in [3.05, 3.63) is 40.5 Å². The first-order valence-electron chi connectivity index (χ1n) is 7.27. The molecule has 22 heavy (non-hydrogen) atoms. The molecule has 3 rings (SSSR count). The lowest BCUT2D eigenvalue weighted by Crippen LogP contribution is -2.48. The fourth-order valence-electron chi connectivity index (χ4n) is 2.58. The molecule has 1 fully saturated rings. The zero-order valence-electron chi connectivity index (χ0n) is 12.5. The number of pyridine rings is 1. The Morgan fingerprint density at radius 1 is 1.36 bits per heavy atom. The standard InChI is InChI=1S/C15H19N5OS/c1-11-3-2-4-17-13(11)9-19-5-7-20(8-6-19)15(21)12-10-22-18-14(12)16/h2-4,10H,5-9H2,1H3,(H2,16,18). The number of nitrogen functional groups attached to an aromatic ring is 1. The third-order valence-corrected chi connectivity index (χ3v) is 4.62. The van der Waals surface area contributed by atoms with Crippen molar-refractivity contribution in [1.29, 1.82) is 0 Å². The van der Waals surface area contributed by atoms with Crippen LogP contribution in [0.4, 0.5) is 5.82 Å². The van der Waals surface area contributed by atoms with Gasteiger partial charge < -0.3 is 10.6 Å². The van der Waals surface area contributed by atoms with Gasteiger partial charge in [-0.25, -0.2) is 0 Å². The molecule has 116 valence electrons. The molecule has 0 radical (unpaired) electrons. The smallest absolute Gasteiger partial charge is 0.258 e. The van der Waals surface area contributed by atoms with Gasteiger partial charge in [0.15, 0.2) is 0 Å². The zero-order valence-corrected chi connectivity index (χ0v) is 13.3. The number of rotatable bonds is 3. The third-order valence-electron chi connectivity index (χ3n) is 3.98. The van der Waals surface area contributed by atoms with Crippen molar-refractivity contribution in [1.82, 2.24) is 19.2 Å². The second-order valence-electron chi connectivity index (χ2n) is 5.45. The van der Waals surface area contributed by atoms with E-state index in [2.05, 4.69) is 27.2 Å². The molecule has 0 unspecified atom stereocenters. The Morgan fingerprint density at radius 3 is 2.77 bits per heavy atom. The van der Waals surface area contributed by atoms with Crippen molar-refractivity contribution in [3.8, 4) is 0 Å². The van der Waals surface area contributed by atoms with Gasteiger partial charge in [0.05, 0.1) is 11.3 Å². The fraction of sp³-hybridized carbons (Fsp3) is 0.400. The summed E-state index contributed by atoms with van der Waals surface area (Å²) < 4.78 is 3.97. The van der Waals surface area contributed by atoms with Gasteiger partial charge in [-0.3, -0.25) is 14.7 Å². The summed E-state index contributed by atoms with van der Waals surface area (Å²) in [5.41, 5.74) is 8.57. The van der Waals surface area contributed by atoms with E-state index in [-0.39, 0.29) is 5.91 Å². The number of nitrogens with two attached hydrogens (primary N) is 1. The number of nitrogens with zero attached hydrogens (tertiary/aromatic N) is 4. The Balaban J connectivity index is 1.58. The number of carbonyl (C=O) groups excluding carboxylic acids is 1. The minimum absolute atomic E-state index is 0.0140. The number of aryl methyl sites for hydroxylation is 1. The molecular weight excluding hydrogens is 298 g/mol. The van der Waals surface area contributed by atoms with Crippen molar-refractivity contribution in [2.75, 3.05) is 31.9 Å². The van der Waals surface area contributed by atoms with Crippen molar-refractivity contribution in [3.63, 3.8) is 0 Å². The van der Waals surface area contributed by atoms with Gasteiger partial charge in [0.25, 0.3) is 5.91 Å². The summed E-state index contributed by atoms with van der Waals surface area (Å²) in [6, 6.07) is 4.03. The first-order valence-corrected chi connectivity index (χ1v) is 8.11. The van der Waals surface area contributed by atoms with Gasteiger partial charge in [-0.1, -0.05) is 6.07 Å². The fourth-order valence-corrected chi connectivity index (χ4v) is 3.17. The Morgan fingerprint density at radius 2 is 2.14 bits per heavy atom. The van der Waals surface area contributed by atoms with E-state index in [1.54, 1.807) is 5.38 Å². The number of hydrogen-bond donors (Lipinski definition) is 1. The van der Waals surface area contributed by atoms with Gasteiger partial charge in [-0.05, 0) is 30.1 Å². The first-order chi connectivity index (χ1) is 10.6. The number of piperazine rings is 1. The monoisotopic (exact) mass is 317 g/mol. The highest BCUT2D eigenvalue weighted by Gasteiger charge is 2.24. The molecule has 0 aromatic carbocycles. The van der Waals surface area contributed by atoms with Crippen molar-refractivity contribution in [2.24, 2.45) is 0 Å². The predicted molar refractivity (Wildman–Crippen MR) is 86.7 cm³/mol. The van der Waals surface area contributed by atoms with Gasteiger partial charge in [-0.2, -0.15) is 4.37 Å². The summed E-state index contributed by atoms with van der Waals surface area (Å²) in [5, 5.41) is 1.72. The second-order valence-corrected chi connectivity index (χ2v) is 6.08. The van der Waals surface area contributed by atoms with Crippen LogP contribution in [0.25, 0.3) is 0 Å². The Bertz CT molecular complexity index is 663. The SMILES string of the molecule is Cc1cccnc1CN1CCN(C(=O)c2csnc2N)CC1. The van der Waals surface area contributed by atoms with Crippen LogP contribution in [0.1, 0.15) is 21.6 Å². The highest BCUT2D eigenvalue weighted by Crippen LogP contribution is 2.17. The van der Waals surface area contributed by atoms with Crippen LogP contribution in [0.3, 0.4) is 0 Å². The summed E-state index contributed by atoms with van der Waals surface area (Å²) in [6.45, 7) is 6.02. The van der Waals surface area contributed by atoms with Crippen LogP contribution in [0.5, 0.6) is 0 Å². The Kier molecular flexibility index (Phi) is 4.35. The number of aromatic nitrogens is 2. The summed E-state index contributed by atoms with van der Waals surface area (Å²) in [7, 11) is 0. The summed E-state index contributed by atoms with van der Waals surface area (Å²) in [5.74, 6) is 0.321. The molecule has 6 nitrogen and oxygen atoms in total. The first kappa shape index (κ1) is 14.9. The topological polar surface area (TPSA) is 75.4 Å². The van der Waals surface area contributed by atoms with E-state index in [0.29, 0.717) is 24.5 Å². The zero-order chi connectivity index (χ0) is 15.5.